The van der Waals surface area contributed by atoms with E-state index < -0.39 is 0 Å². The molecule has 0 bridgehead atoms. The number of carbonyl (C=O) groups is 1. The SMILES string of the molecule is CCC(C)c1ccc(NC(=O)C2NCC3CCCC32)cc1. The molecule has 0 radical (unpaired) electrons. The van der Waals surface area contributed by atoms with E-state index in [2.05, 4.69) is 36.6 Å². The van der Waals surface area contributed by atoms with Crippen molar-refractivity contribution in [2.45, 2.75) is 51.5 Å². The standard InChI is InChI=1S/C18H26N2O/c1-3-12(2)13-7-9-15(10-8-13)20-18(21)17-16-6-4-5-14(16)11-19-17/h7-10,12,14,16-17,19H,3-6,11H2,1-2H3,(H,20,21). The van der Waals surface area contributed by atoms with Gasteiger partial charge >= 0.3 is 0 Å². The van der Waals surface area contributed by atoms with Crippen molar-refractivity contribution in [2.24, 2.45) is 11.8 Å². The van der Waals surface area contributed by atoms with E-state index in [1.54, 1.807) is 0 Å². The summed E-state index contributed by atoms with van der Waals surface area (Å²) < 4.78 is 0. The molecule has 0 aromatic heterocycles. The Kier molecular flexibility index (Phi) is 4.29. The lowest BCUT2D eigenvalue weighted by Gasteiger charge is -2.18. The van der Waals surface area contributed by atoms with E-state index >= 15 is 0 Å². The monoisotopic (exact) mass is 286 g/mol. The third-order valence-corrected chi connectivity index (χ3v) is 5.39. The molecule has 1 aliphatic carbocycles. The molecule has 3 heteroatoms. The number of amides is 1. The number of rotatable bonds is 4. The number of carbonyl (C=O) groups excluding carboxylic acids is 1. The quantitative estimate of drug-likeness (QED) is 0.889. The molecule has 4 unspecified atom stereocenters. The second-order valence-corrected chi connectivity index (χ2v) is 6.66. The average Bonchev–Trinajstić information content (AvgIpc) is 3.09. The number of hydrogen-bond donors (Lipinski definition) is 2. The highest BCUT2D eigenvalue weighted by molar-refractivity contribution is 5.95. The van der Waals surface area contributed by atoms with Crippen molar-refractivity contribution in [3.63, 3.8) is 0 Å². The summed E-state index contributed by atoms with van der Waals surface area (Å²) in [6, 6.07) is 8.32. The van der Waals surface area contributed by atoms with Gasteiger partial charge in [0.05, 0.1) is 6.04 Å². The summed E-state index contributed by atoms with van der Waals surface area (Å²) in [6.07, 6.45) is 4.90. The largest absolute Gasteiger partial charge is 0.325 e. The number of benzene rings is 1. The third kappa shape index (κ3) is 2.98. The molecule has 1 aromatic rings. The van der Waals surface area contributed by atoms with Gasteiger partial charge in [0.2, 0.25) is 5.91 Å². The molecule has 3 nitrogen and oxygen atoms in total. The van der Waals surface area contributed by atoms with Crippen LogP contribution < -0.4 is 10.6 Å². The predicted molar refractivity (Wildman–Crippen MR) is 86.4 cm³/mol. The molecule has 0 spiro atoms. The van der Waals surface area contributed by atoms with Gasteiger partial charge in [0.15, 0.2) is 0 Å². The topological polar surface area (TPSA) is 41.1 Å². The Bertz CT molecular complexity index is 496. The van der Waals surface area contributed by atoms with Crippen molar-refractivity contribution in [3.05, 3.63) is 29.8 Å². The Morgan fingerprint density at radius 2 is 2.10 bits per heavy atom. The molecule has 1 amide bonds. The van der Waals surface area contributed by atoms with Crippen LogP contribution in [0.3, 0.4) is 0 Å². The molecule has 4 atom stereocenters. The first kappa shape index (κ1) is 14.6. The summed E-state index contributed by atoms with van der Waals surface area (Å²) in [6.45, 7) is 5.44. The van der Waals surface area contributed by atoms with Gasteiger partial charge in [0.1, 0.15) is 0 Å². The molecule has 1 heterocycles. The zero-order valence-corrected chi connectivity index (χ0v) is 13.1. The van der Waals surface area contributed by atoms with Gasteiger partial charge in [-0.15, -0.1) is 0 Å². The van der Waals surface area contributed by atoms with Crippen LogP contribution in [0.1, 0.15) is 51.0 Å². The second-order valence-electron chi connectivity index (χ2n) is 6.66. The van der Waals surface area contributed by atoms with Crippen molar-refractivity contribution in [1.29, 1.82) is 0 Å². The van der Waals surface area contributed by atoms with E-state index in [1.807, 2.05) is 12.1 Å². The fourth-order valence-electron chi connectivity index (χ4n) is 3.83. The lowest BCUT2D eigenvalue weighted by Crippen LogP contribution is -2.39. The van der Waals surface area contributed by atoms with E-state index in [-0.39, 0.29) is 11.9 Å². The molecule has 1 aliphatic heterocycles. The van der Waals surface area contributed by atoms with Gasteiger partial charge in [-0.1, -0.05) is 32.4 Å². The van der Waals surface area contributed by atoms with E-state index in [1.165, 1.54) is 24.8 Å². The highest BCUT2D eigenvalue weighted by atomic mass is 16.2. The lowest BCUT2D eigenvalue weighted by molar-refractivity contribution is -0.118. The Hall–Kier alpha value is -1.35. The fourth-order valence-corrected chi connectivity index (χ4v) is 3.83. The summed E-state index contributed by atoms with van der Waals surface area (Å²) in [5.74, 6) is 1.98. The molecule has 2 N–H and O–H groups in total. The van der Waals surface area contributed by atoms with Crippen molar-refractivity contribution in [2.75, 3.05) is 11.9 Å². The van der Waals surface area contributed by atoms with Crippen LogP contribution in [0.4, 0.5) is 5.69 Å². The van der Waals surface area contributed by atoms with Crippen molar-refractivity contribution in [3.8, 4) is 0 Å². The van der Waals surface area contributed by atoms with Gasteiger partial charge < -0.3 is 10.6 Å². The Morgan fingerprint density at radius 3 is 2.81 bits per heavy atom. The van der Waals surface area contributed by atoms with Crippen LogP contribution in [0.2, 0.25) is 0 Å². The van der Waals surface area contributed by atoms with Crippen LogP contribution in [0.25, 0.3) is 0 Å². The molecule has 114 valence electrons. The van der Waals surface area contributed by atoms with Crippen LogP contribution in [0.15, 0.2) is 24.3 Å². The maximum atomic E-state index is 12.5. The minimum atomic E-state index is 0.00624. The minimum Gasteiger partial charge on any atom is -0.325 e. The molecule has 2 aliphatic rings. The van der Waals surface area contributed by atoms with Crippen LogP contribution in [0.5, 0.6) is 0 Å². The summed E-state index contributed by atoms with van der Waals surface area (Å²) in [5.41, 5.74) is 2.25. The normalized spacial score (nSPS) is 29.1. The van der Waals surface area contributed by atoms with Gasteiger partial charge in [-0.05, 0) is 61.3 Å². The minimum absolute atomic E-state index is 0.00624. The van der Waals surface area contributed by atoms with E-state index in [4.69, 9.17) is 0 Å². The molecule has 21 heavy (non-hydrogen) atoms. The first-order valence-corrected chi connectivity index (χ1v) is 8.33. The molecule has 1 saturated carbocycles. The number of anilines is 1. The summed E-state index contributed by atoms with van der Waals surface area (Å²) in [4.78, 5) is 12.5. The van der Waals surface area contributed by atoms with Crippen molar-refractivity contribution in [1.82, 2.24) is 5.32 Å². The van der Waals surface area contributed by atoms with Gasteiger partial charge in [-0.2, -0.15) is 0 Å². The second kappa shape index (κ2) is 6.18. The van der Waals surface area contributed by atoms with Crippen LogP contribution in [-0.4, -0.2) is 18.5 Å². The highest BCUT2D eigenvalue weighted by Crippen LogP contribution is 2.38. The molecule has 1 aromatic carbocycles. The van der Waals surface area contributed by atoms with Crippen molar-refractivity contribution < 1.29 is 4.79 Å². The van der Waals surface area contributed by atoms with Crippen molar-refractivity contribution >= 4 is 11.6 Å². The molecule has 3 rings (SSSR count). The third-order valence-electron chi connectivity index (χ3n) is 5.39. The molecular formula is C18H26N2O. The number of fused-ring (bicyclic) bond motifs is 1. The first-order valence-electron chi connectivity index (χ1n) is 8.33. The molecule has 2 fully saturated rings. The van der Waals surface area contributed by atoms with E-state index in [0.29, 0.717) is 17.8 Å². The zero-order chi connectivity index (χ0) is 14.8. The smallest absolute Gasteiger partial charge is 0.241 e. The maximum Gasteiger partial charge on any atom is 0.241 e. The van der Waals surface area contributed by atoms with Gasteiger partial charge in [-0.3, -0.25) is 4.79 Å². The first-order chi connectivity index (χ1) is 10.2. The Morgan fingerprint density at radius 1 is 1.33 bits per heavy atom. The summed E-state index contributed by atoms with van der Waals surface area (Å²) in [5, 5.41) is 6.48. The Labute approximate surface area is 127 Å². The predicted octanol–water partition coefficient (Wildman–Crippen LogP) is 3.53. The number of nitrogens with one attached hydrogen (secondary N) is 2. The maximum absolute atomic E-state index is 12.5. The van der Waals surface area contributed by atoms with Gasteiger partial charge in [-0.25, -0.2) is 0 Å². The lowest BCUT2D eigenvalue weighted by atomic mass is 9.93. The van der Waals surface area contributed by atoms with E-state index in [0.717, 1.165) is 18.7 Å². The number of hydrogen-bond acceptors (Lipinski definition) is 2. The zero-order valence-electron chi connectivity index (χ0n) is 13.1. The highest BCUT2D eigenvalue weighted by Gasteiger charge is 2.42. The van der Waals surface area contributed by atoms with Crippen LogP contribution in [0, 0.1) is 11.8 Å². The van der Waals surface area contributed by atoms with E-state index in [9.17, 15) is 4.79 Å². The van der Waals surface area contributed by atoms with Gasteiger partial charge in [0, 0.05) is 5.69 Å². The van der Waals surface area contributed by atoms with Crippen LogP contribution >= 0.6 is 0 Å². The summed E-state index contributed by atoms with van der Waals surface area (Å²) >= 11 is 0. The summed E-state index contributed by atoms with van der Waals surface area (Å²) in [7, 11) is 0. The van der Waals surface area contributed by atoms with Crippen LogP contribution in [-0.2, 0) is 4.79 Å². The fraction of sp³-hybridized carbons (Fsp3) is 0.611. The Balaban J connectivity index is 1.62. The van der Waals surface area contributed by atoms with Gasteiger partial charge in [0.25, 0.3) is 0 Å². The molecular weight excluding hydrogens is 260 g/mol. The molecule has 1 saturated heterocycles. The average molecular weight is 286 g/mol.